The minimum Gasteiger partial charge on any atom is -0.381 e. The predicted octanol–water partition coefficient (Wildman–Crippen LogP) is 3.65. The van der Waals surface area contributed by atoms with Gasteiger partial charge in [0, 0.05) is 31.3 Å². The van der Waals surface area contributed by atoms with Gasteiger partial charge in [0.05, 0.1) is 5.41 Å². The average molecular weight is 334 g/mol. The van der Waals surface area contributed by atoms with E-state index in [1.165, 1.54) is 19.3 Å². The van der Waals surface area contributed by atoms with Crippen LogP contribution in [0.15, 0.2) is 24.3 Å². The van der Waals surface area contributed by atoms with Gasteiger partial charge in [0.25, 0.3) is 0 Å². The summed E-state index contributed by atoms with van der Waals surface area (Å²) in [5, 5.41) is 0.708. The molecule has 23 heavy (non-hydrogen) atoms. The summed E-state index contributed by atoms with van der Waals surface area (Å²) in [7, 11) is 0. The first kappa shape index (κ1) is 15.5. The number of likely N-dealkylation sites (tertiary alicyclic amines) is 1. The highest BCUT2D eigenvalue weighted by Gasteiger charge is 2.47. The van der Waals surface area contributed by atoms with Crippen LogP contribution in [0, 0.1) is 11.8 Å². The Balaban J connectivity index is 1.64. The average Bonchev–Trinajstić information content (AvgIpc) is 3.16. The summed E-state index contributed by atoms with van der Waals surface area (Å²) in [6.45, 7) is 3.21. The highest BCUT2D eigenvalue weighted by Crippen LogP contribution is 2.42. The lowest BCUT2D eigenvalue weighted by atomic mass is 9.73. The first-order valence-electron chi connectivity index (χ1n) is 8.82. The Bertz CT molecular complexity index is 585. The summed E-state index contributed by atoms with van der Waals surface area (Å²) < 4.78 is 5.56. The smallest absolute Gasteiger partial charge is 0.233 e. The zero-order valence-electron chi connectivity index (χ0n) is 13.5. The molecule has 0 radical (unpaired) electrons. The first-order valence-corrected chi connectivity index (χ1v) is 9.20. The summed E-state index contributed by atoms with van der Waals surface area (Å²) >= 11 is 6.21. The van der Waals surface area contributed by atoms with Gasteiger partial charge >= 0.3 is 0 Å². The van der Waals surface area contributed by atoms with Crippen molar-refractivity contribution in [2.75, 3.05) is 26.3 Å². The maximum atomic E-state index is 13.5. The lowest BCUT2D eigenvalue weighted by Crippen LogP contribution is -2.49. The molecule has 2 aliphatic heterocycles. The lowest BCUT2D eigenvalue weighted by molar-refractivity contribution is -0.140. The van der Waals surface area contributed by atoms with Crippen LogP contribution in [0.4, 0.5) is 0 Å². The van der Waals surface area contributed by atoms with Crippen molar-refractivity contribution >= 4 is 17.5 Å². The van der Waals surface area contributed by atoms with E-state index in [1.807, 2.05) is 18.2 Å². The molecule has 3 fully saturated rings. The van der Waals surface area contributed by atoms with E-state index in [0.717, 1.165) is 43.3 Å². The number of carbonyl (C=O) groups is 1. The minimum absolute atomic E-state index is 0.303. The molecule has 1 saturated carbocycles. The highest BCUT2D eigenvalue weighted by atomic mass is 35.5. The Morgan fingerprint density at radius 3 is 2.52 bits per heavy atom. The van der Waals surface area contributed by atoms with Crippen molar-refractivity contribution in [2.24, 2.45) is 11.8 Å². The summed E-state index contributed by atoms with van der Waals surface area (Å²) in [5.74, 6) is 1.77. The van der Waals surface area contributed by atoms with Gasteiger partial charge in [-0.3, -0.25) is 4.79 Å². The number of ether oxygens (including phenoxy) is 1. The molecular weight excluding hydrogens is 310 g/mol. The lowest BCUT2D eigenvalue weighted by Gasteiger charge is -2.39. The van der Waals surface area contributed by atoms with Crippen molar-refractivity contribution in [3.8, 4) is 0 Å². The van der Waals surface area contributed by atoms with E-state index in [4.69, 9.17) is 16.3 Å². The summed E-state index contributed by atoms with van der Waals surface area (Å²) in [6.07, 6.45) is 5.45. The van der Waals surface area contributed by atoms with E-state index in [2.05, 4.69) is 11.0 Å². The molecule has 3 nitrogen and oxygen atoms in total. The third-order valence-electron chi connectivity index (χ3n) is 6.15. The van der Waals surface area contributed by atoms with Gasteiger partial charge < -0.3 is 9.64 Å². The van der Waals surface area contributed by atoms with Gasteiger partial charge in [0.15, 0.2) is 0 Å². The normalized spacial score (nSPS) is 29.5. The molecular formula is C19H24ClNO2. The maximum absolute atomic E-state index is 13.5. The second-order valence-corrected chi connectivity index (χ2v) is 7.80. The Labute approximate surface area is 142 Å². The van der Waals surface area contributed by atoms with Crippen LogP contribution in [0.1, 0.15) is 37.7 Å². The Hall–Kier alpha value is -1.06. The maximum Gasteiger partial charge on any atom is 0.233 e. The zero-order valence-corrected chi connectivity index (χ0v) is 14.2. The second kappa shape index (κ2) is 6.10. The summed E-state index contributed by atoms with van der Waals surface area (Å²) in [4.78, 5) is 15.6. The number of amides is 1. The van der Waals surface area contributed by atoms with E-state index in [1.54, 1.807) is 0 Å². The molecule has 0 unspecified atom stereocenters. The van der Waals surface area contributed by atoms with Crippen LogP contribution in [-0.4, -0.2) is 37.1 Å². The van der Waals surface area contributed by atoms with Gasteiger partial charge in [0.1, 0.15) is 0 Å². The topological polar surface area (TPSA) is 29.5 Å². The van der Waals surface area contributed by atoms with Gasteiger partial charge in [-0.25, -0.2) is 0 Å². The van der Waals surface area contributed by atoms with Crippen molar-refractivity contribution in [3.63, 3.8) is 0 Å². The van der Waals surface area contributed by atoms with Crippen molar-refractivity contribution in [1.82, 2.24) is 4.90 Å². The molecule has 0 bridgehead atoms. The molecule has 0 N–H and O–H groups in total. The van der Waals surface area contributed by atoms with Gasteiger partial charge in [-0.2, -0.15) is 0 Å². The molecule has 1 aromatic carbocycles. The fourth-order valence-corrected chi connectivity index (χ4v) is 5.03. The molecule has 124 valence electrons. The van der Waals surface area contributed by atoms with Gasteiger partial charge in [-0.15, -0.1) is 0 Å². The molecule has 2 heterocycles. The van der Waals surface area contributed by atoms with Crippen molar-refractivity contribution in [1.29, 1.82) is 0 Å². The van der Waals surface area contributed by atoms with Crippen molar-refractivity contribution in [2.45, 2.75) is 37.5 Å². The second-order valence-electron chi connectivity index (χ2n) is 7.37. The van der Waals surface area contributed by atoms with Crippen LogP contribution in [0.25, 0.3) is 0 Å². The van der Waals surface area contributed by atoms with Crippen LogP contribution in [0.5, 0.6) is 0 Å². The zero-order chi connectivity index (χ0) is 15.9. The molecule has 1 aromatic rings. The summed E-state index contributed by atoms with van der Waals surface area (Å²) in [5.41, 5.74) is 0.622. The largest absolute Gasteiger partial charge is 0.381 e. The summed E-state index contributed by atoms with van der Waals surface area (Å²) in [6, 6.07) is 7.87. The van der Waals surface area contributed by atoms with Gasteiger partial charge in [-0.1, -0.05) is 30.2 Å². The number of hydrogen-bond acceptors (Lipinski definition) is 2. The standard InChI is InChI=1S/C19H24ClNO2/c20-17-6-2-5-16(11-17)19(7-9-23-10-8-19)18(22)21-12-14-3-1-4-15(14)13-21/h2,5-6,11,14-15H,1,3-4,7-10,12-13H2/t14-,15-/m0/s1. The molecule has 1 aliphatic carbocycles. The van der Waals surface area contributed by atoms with Crippen LogP contribution < -0.4 is 0 Å². The van der Waals surface area contributed by atoms with Gasteiger partial charge in [-0.05, 0) is 55.2 Å². The molecule has 4 rings (SSSR count). The van der Waals surface area contributed by atoms with E-state index in [-0.39, 0.29) is 0 Å². The number of halogens is 1. The number of benzene rings is 1. The third kappa shape index (κ3) is 2.68. The highest BCUT2D eigenvalue weighted by molar-refractivity contribution is 6.30. The molecule has 2 atom stereocenters. The van der Waals surface area contributed by atoms with Crippen molar-refractivity contribution in [3.05, 3.63) is 34.9 Å². The van der Waals surface area contributed by atoms with Crippen LogP contribution in [-0.2, 0) is 14.9 Å². The minimum atomic E-state index is -0.443. The number of fused-ring (bicyclic) bond motifs is 1. The number of rotatable bonds is 2. The number of nitrogens with zero attached hydrogens (tertiary/aromatic N) is 1. The van der Waals surface area contributed by atoms with Crippen LogP contribution in [0.2, 0.25) is 5.02 Å². The van der Waals surface area contributed by atoms with Crippen molar-refractivity contribution < 1.29 is 9.53 Å². The molecule has 3 aliphatic rings. The predicted molar refractivity (Wildman–Crippen MR) is 90.6 cm³/mol. The molecule has 0 spiro atoms. The SMILES string of the molecule is O=C(N1C[C@@H]2CCC[C@H]2C1)C1(c2cccc(Cl)c2)CCOCC1. The number of carbonyl (C=O) groups excluding carboxylic acids is 1. The Morgan fingerprint density at radius 1 is 1.17 bits per heavy atom. The fourth-order valence-electron chi connectivity index (χ4n) is 4.84. The Morgan fingerprint density at radius 2 is 1.87 bits per heavy atom. The monoisotopic (exact) mass is 333 g/mol. The number of hydrogen-bond donors (Lipinski definition) is 0. The van der Waals surface area contributed by atoms with E-state index < -0.39 is 5.41 Å². The molecule has 0 aromatic heterocycles. The van der Waals surface area contributed by atoms with E-state index >= 15 is 0 Å². The van der Waals surface area contributed by atoms with Crippen LogP contribution in [0.3, 0.4) is 0 Å². The molecule has 4 heteroatoms. The fraction of sp³-hybridized carbons (Fsp3) is 0.632. The third-order valence-corrected chi connectivity index (χ3v) is 6.38. The van der Waals surface area contributed by atoms with Crippen LogP contribution >= 0.6 is 11.6 Å². The molecule has 2 saturated heterocycles. The Kier molecular flexibility index (Phi) is 4.10. The quantitative estimate of drug-likeness (QED) is 0.826. The van der Waals surface area contributed by atoms with E-state index in [0.29, 0.717) is 24.1 Å². The first-order chi connectivity index (χ1) is 11.2. The van der Waals surface area contributed by atoms with E-state index in [9.17, 15) is 4.79 Å². The molecule has 1 amide bonds. The van der Waals surface area contributed by atoms with Gasteiger partial charge in [0.2, 0.25) is 5.91 Å².